The zero-order valence-corrected chi connectivity index (χ0v) is 22.2. The van der Waals surface area contributed by atoms with Gasteiger partial charge in [0.1, 0.15) is 6.10 Å². The van der Waals surface area contributed by atoms with E-state index in [0.29, 0.717) is 36.8 Å². The predicted octanol–water partition coefficient (Wildman–Crippen LogP) is 4.03. The molecular weight excluding hydrogens is 468 g/mol. The van der Waals surface area contributed by atoms with Gasteiger partial charge in [-0.05, 0) is 97.5 Å². The van der Waals surface area contributed by atoms with Crippen LogP contribution in [0.5, 0.6) is 0 Å². The highest BCUT2D eigenvalue weighted by atomic mass is 16.5. The van der Waals surface area contributed by atoms with Crippen LogP contribution < -0.4 is 10.9 Å². The predicted molar refractivity (Wildman–Crippen MR) is 139 cm³/mol. The van der Waals surface area contributed by atoms with Crippen molar-refractivity contribution in [1.29, 1.82) is 0 Å². The molecule has 3 saturated carbocycles. The minimum Gasteiger partial charge on any atom is -0.461 e. The van der Waals surface area contributed by atoms with Crippen LogP contribution in [-0.4, -0.2) is 49.1 Å². The molecule has 5 aliphatic rings. The summed E-state index contributed by atoms with van der Waals surface area (Å²) in [6.45, 7) is 6.72. The normalized spacial score (nSPS) is 39.6. The molecule has 4 fully saturated rings. The fraction of sp³-hybridized carbons (Fsp3) is 0.700. The molecule has 1 aromatic heterocycles. The molecule has 1 N–H and O–H groups in total. The van der Waals surface area contributed by atoms with Crippen molar-refractivity contribution < 1.29 is 18.7 Å². The zero-order chi connectivity index (χ0) is 25.8. The largest absolute Gasteiger partial charge is 0.461 e. The van der Waals surface area contributed by atoms with Crippen LogP contribution in [0.2, 0.25) is 0 Å². The Kier molecular flexibility index (Phi) is 6.33. The Balaban J connectivity index is 1.10. The van der Waals surface area contributed by atoms with Gasteiger partial charge >= 0.3 is 11.6 Å². The van der Waals surface area contributed by atoms with Crippen LogP contribution in [0.25, 0.3) is 0 Å². The molecule has 7 heteroatoms. The van der Waals surface area contributed by atoms with Gasteiger partial charge in [0.25, 0.3) is 0 Å². The van der Waals surface area contributed by atoms with E-state index >= 15 is 0 Å². The number of allylic oxidation sites excluding steroid dienone is 2. The number of piperazine rings is 1. The van der Waals surface area contributed by atoms with Crippen molar-refractivity contribution in [3.8, 4) is 0 Å². The molecule has 0 spiro atoms. The first-order valence-corrected chi connectivity index (χ1v) is 14.2. The van der Waals surface area contributed by atoms with Crippen molar-refractivity contribution in [2.24, 2.45) is 28.6 Å². The van der Waals surface area contributed by atoms with Crippen LogP contribution in [-0.2, 0) is 14.3 Å². The van der Waals surface area contributed by atoms with Crippen molar-refractivity contribution in [1.82, 2.24) is 10.2 Å². The van der Waals surface area contributed by atoms with Gasteiger partial charge in [-0.3, -0.25) is 14.5 Å². The lowest BCUT2D eigenvalue weighted by atomic mass is 9.46. The van der Waals surface area contributed by atoms with Gasteiger partial charge in [0.05, 0.1) is 19.4 Å². The Hall–Kier alpha value is -2.41. The van der Waals surface area contributed by atoms with Gasteiger partial charge in [-0.1, -0.05) is 25.5 Å². The van der Waals surface area contributed by atoms with Gasteiger partial charge in [0.15, 0.2) is 0 Å². The fourth-order valence-corrected chi connectivity index (χ4v) is 8.96. The van der Waals surface area contributed by atoms with Crippen LogP contribution in [0.15, 0.2) is 39.3 Å². The molecule has 7 atom stereocenters. The molecule has 1 amide bonds. The van der Waals surface area contributed by atoms with Crippen LogP contribution in [0.3, 0.4) is 0 Å². The third-order valence-electron chi connectivity index (χ3n) is 10.9. The molecule has 1 aromatic rings. The van der Waals surface area contributed by atoms with Crippen molar-refractivity contribution >= 4 is 11.9 Å². The van der Waals surface area contributed by atoms with Crippen LogP contribution in [0.1, 0.15) is 76.7 Å². The lowest BCUT2D eigenvalue weighted by Crippen LogP contribution is -2.52. The minimum atomic E-state index is -0.282. The van der Waals surface area contributed by atoms with Gasteiger partial charge < -0.3 is 14.5 Å². The van der Waals surface area contributed by atoms with E-state index in [1.807, 2.05) is 11.0 Å². The molecule has 1 saturated heterocycles. The second kappa shape index (κ2) is 9.40. The van der Waals surface area contributed by atoms with Crippen molar-refractivity contribution in [3.63, 3.8) is 0 Å². The topological polar surface area (TPSA) is 88.9 Å². The summed E-state index contributed by atoms with van der Waals surface area (Å²) >= 11 is 0. The number of fused-ring (bicyclic) bond motifs is 5. The average molecular weight is 509 g/mol. The summed E-state index contributed by atoms with van der Waals surface area (Å²) in [6.07, 6.45) is 13.1. The summed E-state index contributed by atoms with van der Waals surface area (Å²) < 4.78 is 11.2. The summed E-state index contributed by atoms with van der Waals surface area (Å²) in [7, 11) is 0. The van der Waals surface area contributed by atoms with Crippen molar-refractivity contribution in [3.05, 3.63) is 46.0 Å². The van der Waals surface area contributed by atoms with E-state index in [1.54, 1.807) is 17.9 Å². The summed E-state index contributed by atoms with van der Waals surface area (Å²) in [6, 6.07) is 3.52. The standard InChI is InChI=1S/C30H40N2O5/c1-29-11-9-21(37-28(35)17-32-14-13-31-26(33)16-32)15-20(29)4-5-22-24-7-6-23(19-3-8-27(34)36-18-19)30(24,2)12-10-25(22)29/h3,7-8,18,20-23,25H,4-6,9-17H2,1-2H3,(H,31,33). The molecule has 4 aliphatic carbocycles. The van der Waals surface area contributed by atoms with E-state index in [4.69, 9.17) is 9.15 Å². The van der Waals surface area contributed by atoms with Gasteiger partial charge in [-0.25, -0.2) is 4.79 Å². The van der Waals surface area contributed by atoms with E-state index in [1.165, 1.54) is 25.7 Å². The maximum Gasteiger partial charge on any atom is 0.335 e. The van der Waals surface area contributed by atoms with Gasteiger partial charge in [0.2, 0.25) is 5.91 Å². The number of ether oxygens (including phenoxy) is 1. The molecule has 6 rings (SSSR count). The third-order valence-corrected chi connectivity index (χ3v) is 10.9. The quantitative estimate of drug-likeness (QED) is 0.488. The Morgan fingerprint density at radius 3 is 2.81 bits per heavy atom. The second-order valence-electron chi connectivity index (χ2n) is 12.7. The summed E-state index contributed by atoms with van der Waals surface area (Å²) in [4.78, 5) is 37.7. The first-order chi connectivity index (χ1) is 17.8. The van der Waals surface area contributed by atoms with Crippen molar-refractivity contribution in [2.45, 2.75) is 77.2 Å². The average Bonchev–Trinajstić information content (AvgIpc) is 3.22. The number of rotatable bonds is 4. The SMILES string of the molecule is CC12CCC3C(CCC4CC(OC(=O)CN5CCNC(=O)C5)CCC43C)C1=CCC2c1ccc(=O)oc1. The molecule has 0 aromatic carbocycles. The summed E-state index contributed by atoms with van der Waals surface area (Å²) in [5.74, 6) is 2.08. The van der Waals surface area contributed by atoms with Crippen molar-refractivity contribution in [2.75, 3.05) is 26.2 Å². The van der Waals surface area contributed by atoms with E-state index in [9.17, 15) is 14.4 Å². The highest BCUT2D eigenvalue weighted by molar-refractivity contribution is 5.80. The molecular formula is C30H40N2O5. The number of amides is 1. The maximum absolute atomic E-state index is 12.7. The van der Waals surface area contributed by atoms with Gasteiger partial charge in [0, 0.05) is 19.2 Å². The Morgan fingerprint density at radius 1 is 1.16 bits per heavy atom. The number of nitrogens with one attached hydrogen (secondary N) is 1. The second-order valence-corrected chi connectivity index (χ2v) is 12.7. The monoisotopic (exact) mass is 508 g/mol. The summed E-state index contributed by atoms with van der Waals surface area (Å²) in [5, 5.41) is 2.80. The lowest BCUT2D eigenvalue weighted by molar-refractivity contribution is -0.159. The highest BCUT2D eigenvalue weighted by Gasteiger charge is 2.58. The van der Waals surface area contributed by atoms with E-state index in [0.717, 1.165) is 31.2 Å². The number of nitrogens with zero attached hydrogens (tertiary/aromatic N) is 1. The first kappa shape index (κ1) is 24.9. The van der Waals surface area contributed by atoms with Gasteiger partial charge in [-0.15, -0.1) is 0 Å². The van der Waals surface area contributed by atoms with Crippen LogP contribution in [0.4, 0.5) is 0 Å². The molecule has 7 unspecified atom stereocenters. The fourth-order valence-electron chi connectivity index (χ4n) is 8.96. The zero-order valence-electron chi connectivity index (χ0n) is 22.2. The highest BCUT2D eigenvalue weighted by Crippen LogP contribution is 2.67. The molecule has 200 valence electrons. The molecule has 0 radical (unpaired) electrons. The number of esters is 1. The number of carbonyl (C=O) groups excluding carboxylic acids is 2. The lowest BCUT2D eigenvalue weighted by Gasteiger charge is -2.59. The third kappa shape index (κ3) is 4.37. The summed E-state index contributed by atoms with van der Waals surface area (Å²) in [5.41, 5.74) is 2.95. The first-order valence-electron chi connectivity index (χ1n) is 14.2. The van der Waals surface area contributed by atoms with Crippen LogP contribution in [0, 0.1) is 28.6 Å². The molecule has 37 heavy (non-hydrogen) atoms. The van der Waals surface area contributed by atoms with E-state index in [-0.39, 0.29) is 47.5 Å². The number of hydrogen-bond acceptors (Lipinski definition) is 6. The molecule has 0 bridgehead atoms. The Bertz CT molecular complexity index is 1140. The molecule has 7 nitrogen and oxygen atoms in total. The Labute approximate surface area is 219 Å². The maximum atomic E-state index is 12.7. The smallest absolute Gasteiger partial charge is 0.335 e. The van der Waals surface area contributed by atoms with Crippen LogP contribution >= 0.6 is 0 Å². The molecule has 1 aliphatic heterocycles. The van der Waals surface area contributed by atoms with E-state index < -0.39 is 0 Å². The minimum absolute atomic E-state index is 0.00240. The Morgan fingerprint density at radius 2 is 2.03 bits per heavy atom. The van der Waals surface area contributed by atoms with E-state index in [2.05, 4.69) is 25.2 Å². The number of carbonyl (C=O) groups is 2. The molecule has 2 heterocycles. The number of hydrogen-bond donors (Lipinski definition) is 1. The van der Waals surface area contributed by atoms with Gasteiger partial charge in [-0.2, -0.15) is 0 Å².